The molecule has 0 N–H and O–H groups in total. The lowest BCUT2D eigenvalue weighted by molar-refractivity contribution is -0.166. The van der Waals surface area contributed by atoms with Crippen LogP contribution in [-0.2, 0) is 28.6 Å². The zero-order valence-corrected chi connectivity index (χ0v) is 37.9. The van der Waals surface area contributed by atoms with Gasteiger partial charge in [-0.25, -0.2) is 0 Å². The molecule has 0 aromatic carbocycles. The minimum atomic E-state index is -0.800. The predicted octanol–water partition coefficient (Wildman–Crippen LogP) is 15.8. The lowest BCUT2D eigenvalue weighted by Crippen LogP contribution is -2.30. The maximum absolute atomic E-state index is 12.7. The number of rotatable bonds is 44. The molecule has 57 heavy (non-hydrogen) atoms. The van der Waals surface area contributed by atoms with E-state index >= 15 is 0 Å². The van der Waals surface area contributed by atoms with Crippen LogP contribution in [0.15, 0.2) is 36.5 Å². The van der Waals surface area contributed by atoms with Gasteiger partial charge in [0, 0.05) is 12.8 Å². The highest BCUT2D eigenvalue weighted by Gasteiger charge is 2.19. The van der Waals surface area contributed by atoms with Gasteiger partial charge in [-0.2, -0.15) is 0 Å². The number of ether oxygens (including phenoxy) is 3. The van der Waals surface area contributed by atoms with Gasteiger partial charge in [-0.3, -0.25) is 14.4 Å². The molecule has 0 aliphatic carbocycles. The minimum Gasteiger partial charge on any atom is -0.462 e. The summed E-state index contributed by atoms with van der Waals surface area (Å²) < 4.78 is 16.6. The van der Waals surface area contributed by atoms with E-state index in [9.17, 15) is 14.4 Å². The average molecular weight is 801 g/mol. The molecule has 1 atom stereocenters. The van der Waals surface area contributed by atoms with E-state index in [4.69, 9.17) is 14.2 Å². The van der Waals surface area contributed by atoms with E-state index in [1.54, 1.807) is 6.08 Å². The third-order valence-corrected chi connectivity index (χ3v) is 10.7. The first-order valence-corrected chi connectivity index (χ1v) is 24.5. The standard InChI is InChI=1S/C51H92O6/c1-4-7-10-13-16-19-21-22-23-24-25-26-27-28-30-32-35-38-41-44-50(53)56-47-48(46-55-49(52)43-40-37-34-31-18-15-12-9-6-3)57-51(54)45-42-39-36-33-29-20-17-14-11-8-5-2/h9,12,18,31,37,40,48H,4-8,10-11,13-17,19-30,32-36,38-39,41-47H2,1-3H3/b12-9-,31-18-,40-37-. The van der Waals surface area contributed by atoms with Crippen molar-refractivity contribution in [3.05, 3.63) is 36.5 Å². The number of unbranched alkanes of at least 4 members (excludes halogenated alkanes) is 28. The monoisotopic (exact) mass is 801 g/mol. The molecule has 1 unspecified atom stereocenters. The Balaban J connectivity index is 4.27. The van der Waals surface area contributed by atoms with E-state index in [-0.39, 0.29) is 31.6 Å². The van der Waals surface area contributed by atoms with Gasteiger partial charge in [0.05, 0.1) is 6.42 Å². The summed E-state index contributed by atoms with van der Waals surface area (Å²) in [6.45, 7) is 6.43. The van der Waals surface area contributed by atoms with Gasteiger partial charge in [0.25, 0.3) is 0 Å². The van der Waals surface area contributed by atoms with Gasteiger partial charge in [-0.15, -0.1) is 0 Å². The Labute approximate surface area is 353 Å². The van der Waals surface area contributed by atoms with Crippen LogP contribution < -0.4 is 0 Å². The van der Waals surface area contributed by atoms with Crippen LogP contribution >= 0.6 is 0 Å². The fourth-order valence-corrected chi connectivity index (χ4v) is 7.03. The Kier molecular flexibility index (Phi) is 44.4. The molecular weight excluding hydrogens is 709 g/mol. The Morgan fingerprint density at radius 2 is 0.684 bits per heavy atom. The molecule has 0 aromatic rings. The summed E-state index contributed by atoms with van der Waals surface area (Å²) in [5.74, 6) is -1.02. The van der Waals surface area contributed by atoms with Gasteiger partial charge in [0.1, 0.15) is 13.2 Å². The van der Waals surface area contributed by atoms with Gasteiger partial charge < -0.3 is 14.2 Å². The maximum Gasteiger partial charge on any atom is 0.309 e. The topological polar surface area (TPSA) is 78.9 Å². The number of carbonyl (C=O) groups is 3. The molecule has 0 amide bonds. The molecule has 6 heteroatoms. The minimum absolute atomic E-state index is 0.0949. The molecule has 0 radical (unpaired) electrons. The molecular formula is C51H92O6. The molecule has 6 nitrogen and oxygen atoms in total. The van der Waals surface area contributed by atoms with Gasteiger partial charge in [0.15, 0.2) is 6.10 Å². The van der Waals surface area contributed by atoms with Crippen LogP contribution in [0.1, 0.15) is 252 Å². The van der Waals surface area contributed by atoms with Crippen molar-refractivity contribution >= 4 is 17.9 Å². The molecule has 332 valence electrons. The molecule has 0 aromatic heterocycles. The van der Waals surface area contributed by atoms with Crippen LogP contribution in [0.3, 0.4) is 0 Å². The second-order valence-electron chi connectivity index (χ2n) is 16.4. The maximum atomic E-state index is 12.7. The van der Waals surface area contributed by atoms with Crippen LogP contribution in [0.5, 0.6) is 0 Å². The molecule has 0 spiro atoms. The summed E-state index contributed by atoms with van der Waals surface area (Å²) in [5, 5.41) is 0. The summed E-state index contributed by atoms with van der Waals surface area (Å²) in [4.78, 5) is 37.7. The summed E-state index contributed by atoms with van der Waals surface area (Å²) in [5.41, 5.74) is 0. The van der Waals surface area contributed by atoms with Crippen molar-refractivity contribution < 1.29 is 28.6 Å². The number of esters is 3. The molecule has 0 rings (SSSR count). The number of hydrogen-bond acceptors (Lipinski definition) is 6. The van der Waals surface area contributed by atoms with E-state index in [1.165, 1.54) is 154 Å². The zero-order valence-electron chi connectivity index (χ0n) is 37.9. The van der Waals surface area contributed by atoms with Crippen LogP contribution in [0.25, 0.3) is 0 Å². The number of hydrogen-bond donors (Lipinski definition) is 0. The lowest BCUT2D eigenvalue weighted by atomic mass is 10.0. The fourth-order valence-electron chi connectivity index (χ4n) is 7.03. The normalized spacial score (nSPS) is 12.3. The molecule has 0 fully saturated rings. The van der Waals surface area contributed by atoms with E-state index in [2.05, 4.69) is 45.1 Å². The average Bonchev–Trinajstić information content (AvgIpc) is 3.21. The third-order valence-electron chi connectivity index (χ3n) is 10.7. The van der Waals surface area contributed by atoms with Gasteiger partial charge in [-0.05, 0) is 32.1 Å². The first-order valence-electron chi connectivity index (χ1n) is 24.5. The fraction of sp³-hybridized carbons (Fsp3) is 0.824. The zero-order chi connectivity index (χ0) is 41.5. The van der Waals surface area contributed by atoms with Gasteiger partial charge in [0.2, 0.25) is 0 Å². The number of carbonyl (C=O) groups excluding carboxylic acids is 3. The second kappa shape index (κ2) is 46.3. The molecule has 0 aliphatic rings. The Morgan fingerprint density at radius 1 is 0.368 bits per heavy atom. The molecule has 0 saturated heterocycles. The van der Waals surface area contributed by atoms with Crippen LogP contribution in [0.4, 0.5) is 0 Å². The summed E-state index contributed by atoms with van der Waals surface area (Å²) in [6, 6.07) is 0. The van der Waals surface area contributed by atoms with Crippen molar-refractivity contribution in [2.24, 2.45) is 0 Å². The quantitative estimate of drug-likeness (QED) is 0.0264. The van der Waals surface area contributed by atoms with Gasteiger partial charge >= 0.3 is 17.9 Å². The highest BCUT2D eigenvalue weighted by molar-refractivity contribution is 5.72. The molecule has 0 heterocycles. The second-order valence-corrected chi connectivity index (χ2v) is 16.4. The van der Waals surface area contributed by atoms with Crippen molar-refractivity contribution in [2.45, 2.75) is 258 Å². The first-order chi connectivity index (χ1) is 28.0. The Hall–Kier alpha value is -2.37. The van der Waals surface area contributed by atoms with Crippen LogP contribution in [0, 0.1) is 0 Å². The summed E-state index contributed by atoms with van der Waals surface area (Å²) >= 11 is 0. The van der Waals surface area contributed by atoms with E-state index in [1.807, 2.05) is 6.08 Å². The first kappa shape index (κ1) is 54.6. The molecule has 0 bridgehead atoms. The van der Waals surface area contributed by atoms with Crippen LogP contribution in [-0.4, -0.2) is 37.2 Å². The highest BCUT2D eigenvalue weighted by Crippen LogP contribution is 2.16. The van der Waals surface area contributed by atoms with Crippen molar-refractivity contribution in [1.82, 2.24) is 0 Å². The van der Waals surface area contributed by atoms with Crippen molar-refractivity contribution in [3.8, 4) is 0 Å². The van der Waals surface area contributed by atoms with Crippen molar-refractivity contribution in [3.63, 3.8) is 0 Å². The third kappa shape index (κ3) is 44.6. The number of allylic oxidation sites excluding steroid dienone is 5. The Morgan fingerprint density at radius 3 is 1.07 bits per heavy atom. The Bertz CT molecular complexity index is 969. The highest BCUT2D eigenvalue weighted by atomic mass is 16.6. The largest absolute Gasteiger partial charge is 0.462 e. The predicted molar refractivity (Wildman–Crippen MR) is 242 cm³/mol. The lowest BCUT2D eigenvalue weighted by Gasteiger charge is -2.18. The van der Waals surface area contributed by atoms with Crippen molar-refractivity contribution in [2.75, 3.05) is 13.2 Å². The smallest absolute Gasteiger partial charge is 0.309 e. The van der Waals surface area contributed by atoms with E-state index in [0.29, 0.717) is 12.8 Å². The molecule has 0 saturated carbocycles. The van der Waals surface area contributed by atoms with E-state index in [0.717, 1.165) is 57.8 Å². The van der Waals surface area contributed by atoms with Gasteiger partial charge in [-0.1, -0.05) is 237 Å². The molecule has 0 aliphatic heterocycles. The SMILES string of the molecule is CC/C=C\C/C=C\C/C=C\CC(=O)OCC(COC(=O)CCCCCCCCCCCCCCCCCCCCC)OC(=O)CCCCCCCCCCCCC. The van der Waals surface area contributed by atoms with Crippen molar-refractivity contribution in [1.29, 1.82) is 0 Å². The summed E-state index contributed by atoms with van der Waals surface area (Å²) in [7, 11) is 0. The van der Waals surface area contributed by atoms with Crippen LogP contribution in [0.2, 0.25) is 0 Å². The van der Waals surface area contributed by atoms with E-state index < -0.39 is 12.1 Å². The summed E-state index contributed by atoms with van der Waals surface area (Å²) in [6.07, 6.45) is 53.2.